The molecule has 0 amide bonds. The Morgan fingerprint density at radius 3 is 2.16 bits per heavy atom. The van der Waals surface area contributed by atoms with Gasteiger partial charge in [0.1, 0.15) is 0 Å². The summed E-state index contributed by atoms with van der Waals surface area (Å²) in [6.07, 6.45) is 2.53. The minimum atomic E-state index is -3.14. The first-order chi connectivity index (χ1) is 8.89. The Bertz CT molecular complexity index is 618. The van der Waals surface area contributed by atoms with Gasteiger partial charge in [-0.1, -0.05) is 32.0 Å². The van der Waals surface area contributed by atoms with Gasteiger partial charge in [0, 0.05) is 0 Å². The summed E-state index contributed by atoms with van der Waals surface area (Å²) in [5, 5.41) is 0. The maximum atomic E-state index is 12.7. The summed E-state index contributed by atoms with van der Waals surface area (Å²) in [6, 6.07) is 8.96. The summed E-state index contributed by atoms with van der Waals surface area (Å²) >= 11 is 0. The van der Waals surface area contributed by atoms with Gasteiger partial charge >= 0.3 is 0 Å². The zero-order chi connectivity index (χ0) is 13.5. The van der Waals surface area contributed by atoms with Crippen molar-refractivity contribution < 1.29 is 8.42 Å². The molecule has 2 unspecified atom stereocenters. The number of hydrogen-bond donors (Lipinski definition) is 0. The highest BCUT2D eigenvalue weighted by Crippen LogP contribution is 2.86. The summed E-state index contributed by atoms with van der Waals surface area (Å²) < 4.78 is 25.3. The molecule has 0 radical (unpaired) electrons. The molecule has 2 nitrogen and oxygen atoms in total. The largest absolute Gasteiger partial charge is 0.224 e. The molecular formula is C16H20O2S. The van der Waals surface area contributed by atoms with Crippen molar-refractivity contribution in [1.29, 1.82) is 0 Å². The van der Waals surface area contributed by atoms with E-state index in [0.717, 1.165) is 5.92 Å². The first-order valence-corrected chi connectivity index (χ1v) is 8.82. The van der Waals surface area contributed by atoms with Crippen molar-refractivity contribution >= 4 is 9.84 Å². The molecule has 5 rings (SSSR count). The van der Waals surface area contributed by atoms with E-state index in [9.17, 15) is 8.42 Å². The normalized spacial score (nSPS) is 41.5. The number of hydrogen-bond acceptors (Lipinski definition) is 2. The summed E-state index contributed by atoms with van der Waals surface area (Å²) in [7, 11) is -3.14. The summed E-state index contributed by atoms with van der Waals surface area (Å²) in [5.74, 6) is 2.49. The van der Waals surface area contributed by atoms with Gasteiger partial charge in [-0.25, -0.2) is 8.42 Å². The van der Waals surface area contributed by atoms with Crippen molar-refractivity contribution in [3.05, 3.63) is 30.3 Å². The monoisotopic (exact) mass is 276 g/mol. The second kappa shape index (κ2) is 3.25. The molecule has 4 bridgehead atoms. The van der Waals surface area contributed by atoms with E-state index in [1.54, 1.807) is 12.1 Å². The smallest absolute Gasteiger partial charge is 0.178 e. The Balaban J connectivity index is 1.71. The minimum absolute atomic E-state index is 0.0896. The van der Waals surface area contributed by atoms with E-state index in [0.29, 0.717) is 22.5 Å². The third kappa shape index (κ3) is 1.25. The molecule has 4 aliphatic rings. The molecule has 4 fully saturated rings. The van der Waals surface area contributed by atoms with Gasteiger partial charge in [0.15, 0.2) is 9.84 Å². The van der Waals surface area contributed by atoms with Gasteiger partial charge in [0.2, 0.25) is 0 Å². The molecule has 0 aliphatic heterocycles. The van der Waals surface area contributed by atoms with Crippen molar-refractivity contribution in [2.24, 2.45) is 28.6 Å². The third-order valence-corrected chi connectivity index (χ3v) is 8.38. The maximum absolute atomic E-state index is 12.7. The first-order valence-electron chi connectivity index (χ1n) is 7.17. The lowest BCUT2D eigenvalue weighted by Gasteiger charge is -2.31. The van der Waals surface area contributed by atoms with Crippen LogP contribution in [-0.2, 0) is 9.84 Å². The lowest BCUT2D eigenvalue weighted by molar-refractivity contribution is 0.201. The van der Waals surface area contributed by atoms with Crippen LogP contribution in [0.1, 0.15) is 26.7 Å². The molecule has 0 N–H and O–H groups in total. The van der Waals surface area contributed by atoms with Crippen LogP contribution in [0.4, 0.5) is 0 Å². The van der Waals surface area contributed by atoms with E-state index in [1.807, 2.05) is 18.2 Å². The average molecular weight is 276 g/mol. The molecule has 1 aromatic rings. The van der Waals surface area contributed by atoms with Crippen LogP contribution in [0.15, 0.2) is 35.2 Å². The fourth-order valence-electron chi connectivity index (χ4n) is 5.41. The van der Waals surface area contributed by atoms with Crippen molar-refractivity contribution in [2.75, 3.05) is 5.75 Å². The Morgan fingerprint density at radius 2 is 1.68 bits per heavy atom. The second-order valence-electron chi connectivity index (χ2n) is 7.22. The van der Waals surface area contributed by atoms with Crippen molar-refractivity contribution in [1.82, 2.24) is 0 Å². The lowest BCUT2D eigenvalue weighted by Crippen LogP contribution is -2.31. The zero-order valence-corrected chi connectivity index (χ0v) is 12.3. The highest BCUT2D eigenvalue weighted by molar-refractivity contribution is 7.91. The summed E-state index contributed by atoms with van der Waals surface area (Å²) in [5.41, 5.74) is 0.302. The van der Waals surface area contributed by atoms with Gasteiger partial charge in [-0.2, -0.15) is 0 Å². The van der Waals surface area contributed by atoms with Gasteiger partial charge in [0.05, 0.1) is 10.6 Å². The quantitative estimate of drug-likeness (QED) is 0.850. The van der Waals surface area contributed by atoms with Crippen LogP contribution in [-0.4, -0.2) is 14.2 Å². The van der Waals surface area contributed by atoms with Gasteiger partial charge < -0.3 is 0 Å². The second-order valence-corrected chi connectivity index (χ2v) is 9.21. The zero-order valence-electron chi connectivity index (χ0n) is 11.5. The Hall–Kier alpha value is -0.830. The third-order valence-electron chi connectivity index (χ3n) is 6.53. The molecule has 0 saturated heterocycles. The fraction of sp³-hybridized carbons (Fsp3) is 0.625. The van der Waals surface area contributed by atoms with Crippen LogP contribution in [0, 0.1) is 28.6 Å². The SMILES string of the molecule is CC1(C)C2CC3C(C2)C31CS(=O)(=O)c1ccccc1. The molecule has 102 valence electrons. The number of benzene rings is 1. The van der Waals surface area contributed by atoms with Crippen LogP contribution in [0.25, 0.3) is 0 Å². The predicted octanol–water partition coefficient (Wildman–Crippen LogP) is 3.14. The Kier molecular flexibility index (Phi) is 2.04. The maximum Gasteiger partial charge on any atom is 0.178 e. The highest BCUT2D eigenvalue weighted by Gasteiger charge is 2.82. The predicted molar refractivity (Wildman–Crippen MR) is 74.4 cm³/mol. The van der Waals surface area contributed by atoms with E-state index in [-0.39, 0.29) is 10.8 Å². The van der Waals surface area contributed by atoms with Crippen molar-refractivity contribution in [3.8, 4) is 0 Å². The van der Waals surface area contributed by atoms with Crippen molar-refractivity contribution in [2.45, 2.75) is 31.6 Å². The van der Waals surface area contributed by atoms with Crippen LogP contribution >= 0.6 is 0 Å². The molecule has 1 aromatic carbocycles. The fourth-order valence-corrected chi connectivity index (χ4v) is 7.58. The van der Waals surface area contributed by atoms with E-state index in [4.69, 9.17) is 0 Å². The highest BCUT2D eigenvalue weighted by atomic mass is 32.2. The molecule has 3 heteroatoms. The van der Waals surface area contributed by atoms with E-state index in [2.05, 4.69) is 13.8 Å². The summed E-state index contributed by atoms with van der Waals surface area (Å²) in [4.78, 5) is 0.495. The van der Waals surface area contributed by atoms with Crippen molar-refractivity contribution in [3.63, 3.8) is 0 Å². The molecule has 4 saturated carbocycles. The lowest BCUT2D eigenvalue weighted by atomic mass is 9.76. The van der Waals surface area contributed by atoms with Crippen LogP contribution in [0.2, 0.25) is 0 Å². The van der Waals surface area contributed by atoms with Crippen LogP contribution in [0.5, 0.6) is 0 Å². The Morgan fingerprint density at radius 1 is 1.11 bits per heavy atom. The molecule has 19 heavy (non-hydrogen) atoms. The molecule has 0 spiro atoms. The van der Waals surface area contributed by atoms with Gasteiger partial charge in [0.25, 0.3) is 0 Å². The number of sulfone groups is 1. The average Bonchev–Trinajstić information content (AvgIpc) is 2.67. The van der Waals surface area contributed by atoms with Crippen LogP contribution in [0.3, 0.4) is 0 Å². The molecule has 0 heterocycles. The molecule has 0 aromatic heterocycles. The first kappa shape index (κ1) is 12.0. The van der Waals surface area contributed by atoms with Gasteiger partial charge in [-0.3, -0.25) is 0 Å². The van der Waals surface area contributed by atoms with E-state index < -0.39 is 9.84 Å². The van der Waals surface area contributed by atoms with Gasteiger partial charge in [-0.05, 0) is 53.6 Å². The minimum Gasteiger partial charge on any atom is -0.224 e. The van der Waals surface area contributed by atoms with E-state index >= 15 is 0 Å². The molecular weight excluding hydrogens is 256 g/mol. The Labute approximate surface area is 115 Å². The van der Waals surface area contributed by atoms with Gasteiger partial charge in [-0.15, -0.1) is 0 Å². The number of rotatable bonds is 3. The molecule has 4 aliphatic carbocycles. The molecule has 2 atom stereocenters. The summed E-state index contributed by atoms with van der Waals surface area (Å²) in [6.45, 7) is 4.59. The van der Waals surface area contributed by atoms with Crippen LogP contribution < -0.4 is 0 Å². The van der Waals surface area contributed by atoms with E-state index in [1.165, 1.54) is 12.8 Å². The standard InChI is InChI=1S/C16H20O2S/c1-15(2)11-8-13-14(9-11)16(13,15)10-19(17,18)12-6-4-3-5-7-12/h3-7,11,13-14H,8-10H2,1-2H3. The topological polar surface area (TPSA) is 34.1 Å².